The molecule has 0 saturated carbocycles. The van der Waals surface area contributed by atoms with E-state index in [-0.39, 0.29) is 31.1 Å². The summed E-state index contributed by atoms with van der Waals surface area (Å²) in [6, 6.07) is 0. The van der Waals surface area contributed by atoms with Crippen LogP contribution in [0, 0.1) is 0 Å². The first kappa shape index (κ1) is 53.4. The SMILES string of the molecule is CCCCCCCCCCCCCCCCCCCCCCC(=O)OCC(COC(=O)CCCCCCCC)OC(=O)CCCCCCCCCCCCC. The van der Waals surface area contributed by atoms with Crippen molar-refractivity contribution in [2.24, 2.45) is 0 Å². The van der Waals surface area contributed by atoms with Crippen molar-refractivity contribution >= 4 is 17.9 Å². The van der Waals surface area contributed by atoms with Gasteiger partial charge < -0.3 is 14.2 Å². The summed E-state index contributed by atoms with van der Waals surface area (Å²) in [6.45, 7) is 6.60. The Bertz CT molecular complexity index is 813. The number of hydrogen-bond acceptors (Lipinski definition) is 6. The van der Waals surface area contributed by atoms with Gasteiger partial charge in [-0.15, -0.1) is 0 Å². The number of unbranched alkanes of at least 4 members (excludes halogenated alkanes) is 34. The minimum Gasteiger partial charge on any atom is -0.462 e. The maximum absolute atomic E-state index is 12.7. The van der Waals surface area contributed by atoms with Crippen LogP contribution in [0.25, 0.3) is 0 Å². The lowest BCUT2D eigenvalue weighted by atomic mass is 10.0. The summed E-state index contributed by atoms with van der Waals surface area (Å²) in [4.78, 5) is 37.6. The minimum absolute atomic E-state index is 0.0632. The Morgan fingerprint density at radius 2 is 0.491 bits per heavy atom. The molecule has 0 fully saturated rings. The van der Waals surface area contributed by atoms with Crippen molar-refractivity contribution in [1.29, 1.82) is 0 Å². The summed E-state index contributed by atoms with van der Waals surface area (Å²) in [5.41, 5.74) is 0. The second-order valence-corrected chi connectivity index (χ2v) is 16.7. The third-order valence-corrected chi connectivity index (χ3v) is 11.1. The fourth-order valence-corrected chi connectivity index (χ4v) is 7.38. The molecule has 6 nitrogen and oxygen atoms in total. The van der Waals surface area contributed by atoms with E-state index in [1.54, 1.807) is 0 Å². The minimum atomic E-state index is -0.757. The molecule has 0 heterocycles. The van der Waals surface area contributed by atoms with Crippen LogP contribution in [-0.2, 0) is 28.6 Å². The van der Waals surface area contributed by atoms with Gasteiger partial charge in [0.05, 0.1) is 0 Å². The molecule has 0 aromatic heterocycles. The first-order valence-electron chi connectivity index (χ1n) is 24.5. The first-order valence-corrected chi connectivity index (χ1v) is 24.5. The van der Waals surface area contributed by atoms with Crippen molar-refractivity contribution in [1.82, 2.24) is 0 Å². The Kier molecular flexibility index (Phi) is 43.8. The Morgan fingerprint density at radius 3 is 0.727 bits per heavy atom. The van der Waals surface area contributed by atoms with Crippen LogP contribution in [0.3, 0.4) is 0 Å². The molecule has 0 radical (unpaired) electrons. The van der Waals surface area contributed by atoms with E-state index in [0.717, 1.165) is 57.8 Å². The lowest BCUT2D eigenvalue weighted by molar-refractivity contribution is -0.167. The monoisotopic (exact) mass is 779 g/mol. The van der Waals surface area contributed by atoms with Gasteiger partial charge in [-0.05, 0) is 19.3 Å². The van der Waals surface area contributed by atoms with Gasteiger partial charge in [-0.2, -0.15) is 0 Å². The summed E-state index contributed by atoms with van der Waals surface area (Å²) < 4.78 is 16.7. The van der Waals surface area contributed by atoms with Gasteiger partial charge in [0, 0.05) is 19.3 Å². The second-order valence-electron chi connectivity index (χ2n) is 16.7. The average Bonchev–Trinajstić information content (AvgIpc) is 3.18. The van der Waals surface area contributed by atoms with Crippen molar-refractivity contribution in [3.8, 4) is 0 Å². The molecule has 326 valence electrons. The molecule has 0 aliphatic carbocycles. The van der Waals surface area contributed by atoms with Crippen LogP contribution in [0.5, 0.6) is 0 Å². The van der Waals surface area contributed by atoms with E-state index in [1.165, 1.54) is 180 Å². The van der Waals surface area contributed by atoms with Gasteiger partial charge in [0.1, 0.15) is 13.2 Å². The van der Waals surface area contributed by atoms with Gasteiger partial charge in [0.2, 0.25) is 0 Å². The van der Waals surface area contributed by atoms with Crippen LogP contribution in [-0.4, -0.2) is 37.2 Å². The Hall–Kier alpha value is -1.59. The zero-order valence-electron chi connectivity index (χ0n) is 37.2. The van der Waals surface area contributed by atoms with Crippen LogP contribution in [0.2, 0.25) is 0 Å². The topological polar surface area (TPSA) is 78.9 Å². The number of rotatable bonds is 45. The molecule has 0 amide bonds. The zero-order valence-corrected chi connectivity index (χ0v) is 37.2. The number of esters is 3. The van der Waals surface area contributed by atoms with E-state index in [2.05, 4.69) is 20.8 Å². The maximum atomic E-state index is 12.7. The molecule has 0 aromatic carbocycles. The van der Waals surface area contributed by atoms with E-state index < -0.39 is 6.10 Å². The molecule has 1 unspecified atom stereocenters. The lowest BCUT2D eigenvalue weighted by Crippen LogP contribution is -2.30. The molecule has 1 atom stereocenters. The fourth-order valence-electron chi connectivity index (χ4n) is 7.38. The molecular formula is C49H94O6. The average molecular weight is 779 g/mol. The van der Waals surface area contributed by atoms with Crippen LogP contribution in [0.4, 0.5) is 0 Å². The summed E-state index contributed by atoms with van der Waals surface area (Å²) in [5.74, 6) is -0.858. The van der Waals surface area contributed by atoms with Crippen LogP contribution < -0.4 is 0 Å². The Balaban J connectivity index is 4.09. The number of carbonyl (C=O) groups is 3. The van der Waals surface area contributed by atoms with E-state index >= 15 is 0 Å². The number of hydrogen-bond donors (Lipinski definition) is 0. The zero-order chi connectivity index (χ0) is 40.1. The largest absolute Gasteiger partial charge is 0.462 e. The predicted octanol–water partition coefficient (Wildman–Crippen LogP) is 15.6. The molecule has 0 rings (SSSR count). The molecule has 0 N–H and O–H groups in total. The normalized spacial score (nSPS) is 11.8. The van der Waals surface area contributed by atoms with E-state index in [9.17, 15) is 14.4 Å². The number of ether oxygens (including phenoxy) is 3. The first-order chi connectivity index (χ1) is 27.0. The van der Waals surface area contributed by atoms with Crippen molar-refractivity contribution in [3.05, 3.63) is 0 Å². The molecule has 0 spiro atoms. The molecule has 0 saturated heterocycles. The lowest BCUT2D eigenvalue weighted by Gasteiger charge is -2.18. The van der Waals surface area contributed by atoms with Gasteiger partial charge in [-0.3, -0.25) is 14.4 Å². The molecule has 0 aliphatic heterocycles. The molecule has 0 aliphatic rings. The smallest absolute Gasteiger partial charge is 0.306 e. The van der Waals surface area contributed by atoms with Crippen molar-refractivity contribution in [2.45, 2.75) is 284 Å². The van der Waals surface area contributed by atoms with E-state index in [0.29, 0.717) is 19.3 Å². The van der Waals surface area contributed by atoms with Gasteiger partial charge in [-0.1, -0.05) is 239 Å². The van der Waals surface area contributed by atoms with Crippen LogP contribution in [0.15, 0.2) is 0 Å². The Labute approximate surface area is 342 Å². The highest BCUT2D eigenvalue weighted by molar-refractivity contribution is 5.71. The molecule has 0 bridgehead atoms. The van der Waals surface area contributed by atoms with E-state index in [1.807, 2.05) is 0 Å². The standard InChI is InChI=1S/C49H94O6/c1-4-7-10-13-16-18-20-21-22-23-24-25-26-27-28-30-31-33-36-39-42-48(51)54-45-46(44-53-47(50)41-38-35-15-12-9-6-3)55-49(52)43-40-37-34-32-29-19-17-14-11-8-5-2/h46H,4-45H2,1-3H3. The third kappa shape index (κ3) is 43.4. The van der Waals surface area contributed by atoms with Crippen LogP contribution >= 0.6 is 0 Å². The molecule has 55 heavy (non-hydrogen) atoms. The summed E-state index contributed by atoms with van der Waals surface area (Å²) >= 11 is 0. The molecule has 6 heteroatoms. The van der Waals surface area contributed by atoms with Gasteiger partial charge in [-0.25, -0.2) is 0 Å². The maximum Gasteiger partial charge on any atom is 0.306 e. The molecular weight excluding hydrogens is 685 g/mol. The highest BCUT2D eigenvalue weighted by atomic mass is 16.6. The number of carbonyl (C=O) groups excluding carboxylic acids is 3. The Morgan fingerprint density at radius 1 is 0.291 bits per heavy atom. The van der Waals surface area contributed by atoms with Gasteiger partial charge >= 0.3 is 17.9 Å². The molecule has 0 aromatic rings. The highest BCUT2D eigenvalue weighted by Crippen LogP contribution is 2.16. The third-order valence-electron chi connectivity index (χ3n) is 11.1. The van der Waals surface area contributed by atoms with Gasteiger partial charge in [0.15, 0.2) is 6.10 Å². The van der Waals surface area contributed by atoms with Crippen LogP contribution in [0.1, 0.15) is 278 Å². The van der Waals surface area contributed by atoms with Gasteiger partial charge in [0.25, 0.3) is 0 Å². The quantitative estimate of drug-likeness (QED) is 0.0348. The van der Waals surface area contributed by atoms with Crippen molar-refractivity contribution in [3.63, 3.8) is 0 Å². The van der Waals surface area contributed by atoms with E-state index in [4.69, 9.17) is 14.2 Å². The highest BCUT2D eigenvalue weighted by Gasteiger charge is 2.19. The predicted molar refractivity (Wildman–Crippen MR) is 233 cm³/mol. The summed E-state index contributed by atoms with van der Waals surface area (Å²) in [7, 11) is 0. The summed E-state index contributed by atoms with van der Waals surface area (Å²) in [5, 5.41) is 0. The van der Waals surface area contributed by atoms with Crippen molar-refractivity contribution < 1.29 is 28.6 Å². The fraction of sp³-hybridized carbons (Fsp3) is 0.939. The van der Waals surface area contributed by atoms with Crippen molar-refractivity contribution in [2.75, 3.05) is 13.2 Å². The second kappa shape index (κ2) is 45.1. The summed E-state index contributed by atoms with van der Waals surface area (Å²) in [6.07, 6.45) is 46.9.